The average Bonchev–Trinajstić information content (AvgIpc) is 3.01. The molecule has 0 aromatic heterocycles. The van der Waals surface area contributed by atoms with Crippen molar-refractivity contribution < 1.29 is 8.42 Å². The third kappa shape index (κ3) is 6.46. The van der Waals surface area contributed by atoms with Crippen LogP contribution in [-0.4, -0.2) is 74.6 Å². The maximum Gasteiger partial charge on any atom is 0.215 e. The maximum absolute atomic E-state index is 12.3. The van der Waals surface area contributed by atoms with Crippen molar-refractivity contribution in [2.24, 2.45) is 4.99 Å². The van der Waals surface area contributed by atoms with E-state index in [0.29, 0.717) is 37.7 Å². The van der Waals surface area contributed by atoms with Gasteiger partial charge in [0.1, 0.15) is 0 Å². The lowest BCUT2D eigenvalue weighted by atomic mass is 10.2. The molecule has 158 valence electrons. The average molecular weight is 410 g/mol. The molecule has 8 heteroatoms. The summed E-state index contributed by atoms with van der Waals surface area (Å²) in [5.41, 5.74) is 1.32. The Morgan fingerprint density at radius 2 is 1.93 bits per heavy atom. The van der Waals surface area contributed by atoms with Gasteiger partial charge < -0.3 is 10.6 Å². The highest BCUT2D eigenvalue weighted by molar-refractivity contribution is 7.89. The van der Waals surface area contributed by atoms with Crippen LogP contribution in [-0.2, 0) is 16.6 Å². The van der Waals surface area contributed by atoms with Crippen molar-refractivity contribution >= 4 is 16.0 Å². The van der Waals surface area contributed by atoms with Gasteiger partial charge in [-0.2, -0.15) is 0 Å². The molecule has 2 unspecified atom stereocenters. The molecular formula is C20H35N5O2S. The highest BCUT2D eigenvalue weighted by atomic mass is 32.2. The maximum atomic E-state index is 12.3. The molecule has 0 aliphatic carbocycles. The number of hydrogen-bond donors (Lipinski definition) is 2. The van der Waals surface area contributed by atoms with E-state index in [9.17, 15) is 8.42 Å². The molecule has 1 fully saturated rings. The van der Waals surface area contributed by atoms with E-state index in [2.05, 4.69) is 51.7 Å². The Morgan fingerprint density at radius 3 is 2.54 bits per heavy atom. The minimum absolute atomic E-state index is 0.0661. The first-order valence-electron chi connectivity index (χ1n) is 10.1. The second-order valence-corrected chi connectivity index (χ2v) is 9.33. The fraction of sp³-hybridized carbons (Fsp3) is 0.650. The number of hydrogen-bond acceptors (Lipinski definition) is 4. The van der Waals surface area contributed by atoms with Crippen LogP contribution in [0.5, 0.6) is 0 Å². The minimum Gasteiger partial charge on any atom is -0.355 e. The molecular weight excluding hydrogens is 374 g/mol. The van der Waals surface area contributed by atoms with Crippen LogP contribution < -0.4 is 10.6 Å². The highest BCUT2D eigenvalue weighted by Gasteiger charge is 2.29. The molecule has 1 aliphatic rings. The lowest BCUT2D eigenvalue weighted by Crippen LogP contribution is -2.46. The first-order chi connectivity index (χ1) is 13.4. The summed E-state index contributed by atoms with van der Waals surface area (Å²) >= 11 is 0. The van der Waals surface area contributed by atoms with E-state index < -0.39 is 10.0 Å². The number of sulfonamides is 1. The molecule has 1 aliphatic heterocycles. The van der Waals surface area contributed by atoms with E-state index >= 15 is 0 Å². The van der Waals surface area contributed by atoms with Crippen LogP contribution in [0.3, 0.4) is 0 Å². The quantitative estimate of drug-likeness (QED) is 0.477. The minimum atomic E-state index is -3.23. The molecule has 7 nitrogen and oxygen atoms in total. The Balaban J connectivity index is 1.81. The number of aliphatic imine (C=N–C) groups is 1. The van der Waals surface area contributed by atoms with Gasteiger partial charge in [-0.15, -0.1) is 0 Å². The second kappa shape index (κ2) is 10.8. The molecule has 1 aromatic carbocycles. The smallest absolute Gasteiger partial charge is 0.215 e. The zero-order chi connectivity index (χ0) is 20.6. The van der Waals surface area contributed by atoms with Crippen molar-refractivity contribution in [3.63, 3.8) is 0 Å². The third-order valence-corrected chi connectivity index (χ3v) is 7.27. The number of benzene rings is 1. The molecule has 2 atom stereocenters. The molecule has 1 saturated heterocycles. The second-order valence-electron chi connectivity index (χ2n) is 7.24. The summed E-state index contributed by atoms with van der Waals surface area (Å²) in [4.78, 5) is 6.72. The van der Waals surface area contributed by atoms with Crippen LogP contribution in [0.4, 0.5) is 0 Å². The number of likely N-dealkylation sites (tertiary alicyclic amines) is 1. The van der Waals surface area contributed by atoms with Crippen LogP contribution in [0.25, 0.3) is 0 Å². The van der Waals surface area contributed by atoms with E-state index in [4.69, 9.17) is 0 Å². The van der Waals surface area contributed by atoms with Crippen molar-refractivity contribution in [3.05, 3.63) is 35.9 Å². The Morgan fingerprint density at radius 1 is 1.25 bits per heavy atom. The van der Waals surface area contributed by atoms with Crippen molar-refractivity contribution in [1.82, 2.24) is 19.8 Å². The van der Waals surface area contributed by atoms with Gasteiger partial charge in [0, 0.05) is 51.9 Å². The number of rotatable bonds is 9. The predicted molar refractivity (Wildman–Crippen MR) is 116 cm³/mol. The summed E-state index contributed by atoms with van der Waals surface area (Å²) in [6.45, 7) is 9.19. The summed E-state index contributed by atoms with van der Waals surface area (Å²) in [5.74, 6) is 0.727. The largest absolute Gasteiger partial charge is 0.355 e. The molecule has 0 bridgehead atoms. The van der Waals surface area contributed by atoms with E-state index in [1.165, 1.54) is 9.87 Å². The van der Waals surface area contributed by atoms with E-state index in [1.807, 2.05) is 19.9 Å². The molecule has 1 heterocycles. The molecule has 0 amide bonds. The van der Waals surface area contributed by atoms with Gasteiger partial charge in [-0.25, -0.2) is 12.7 Å². The lowest BCUT2D eigenvalue weighted by molar-refractivity contribution is 0.258. The fourth-order valence-corrected chi connectivity index (χ4v) is 5.08. The normalized spacial score (nSPS) is 21.2. The van der Waals surface area contributed by atoms with Crippen molar-refractivity contribution in [2.45, 2.75) is 45.8 Å². The van der Waals surface area contributed by atoms with Crippen LogP contribution in [0.15, 0.2) is 35.3 Å². The zero-order valence-corrected chi connectivity index (χ0v) is 18.4. The van der Waals surface area contributed by atoms with Crippen LogP contribution in [0, 0.1) is 0 Å². The van der Waals surface area contributed by atoms with E-state index in [0.717, 1.165) is 19.5 Å². The number of nitrogens with one attached hydrogen (secondary N) is 2. The van der Waals surface area contributed by atoms with Gasteiger partial charge in [0.15, 0.2) is 5.96 Å². The Kier molecular flexibility index (Phi) is 8.72. The van der Waals surface area contributed by atoms with Gasteiger partial charge in [-0.3, -0.25) is 9.89 Å². The number of guanidine groups is 1. The molecule has 28 heavy (non-hydrogen) atoms. The molecule has 0 spiro atoms. The Labute approximate surface area is 170 Å². The van der Waals surface area contributed by atoms with Gasteiger partial charge in [0.25, 0.3) is 0 Å². The van der Waals surface area contributed by atoms with Crippen LogP contribution in [0.1, 0.15) is 32.8 Å². The summed E-state index contributed by atoms with van der Waals surface area (Å²) < 4.78 is 26.1. The topological polar surface area (TPSA) is 77.0 Å². The van der Waals surface area contributed by atoms with Gasteiger partial charge in [-0.05, 0) is 18.9 Å². The van der Waals surface area contributed by atoms with E-state index in [-0.39, 0.29) is 5.75 Å². The summed E-state index contributed by atoms with van der Waals surface area (Å²) in [6, 6.07) is 11.3. The highest BCUT2D eigenvalue weighted by Crippen LogP contribution is 2.20. The summed E-state index contributed by atoms with van der Waals surface area (Å²) in [6.07, 6.45) is 1.03. The van der Waals surface area contributed by atoms with Crippen LogP contribution >= 0.6 is 0 Å². The standard InChI is InChI=1S/C20H35N5O2S/c1-5-25(6-2)28(26,27)13-12-22-20(21-4)23-19-14-17(3)24(16-19)15-18-10-8-7-9-11-18/h7-11,17,19H,5-6,12-16H2,1-4H3,(H2,21,22,23). The first-order valence-corrected chi connectivity index (χ1v) is 11.7. The first kappa shape index (κ1) is 22.6. The monoisotopic (exact) mass is 409 g/mol. The molecule has 0 radical (unpaired) electrons. The van der Waals surface area contributed by atoms with Crippen LogP contribution in [0.2, 0.25) is 0 Å². The Hall–Kier alpha value is -1.64. The summed E-state index contributed by atoms with van der Waals surface area (Å²) in [7, 11) is -1.51. The summed E-state index contributed by atoms with van der Waals surface area (Å²) in [5, 5.41) is 6.59. The Bertz CT molecular complexity index is 719. The number of nitrogens with zero attached hydrogens (tertiary/aromatic N) is 3. The van der Waals surface area contributed by atoms with Gasteiger partial charge in [0.2, 0.25) is 10.0 Å². The van der Waals surface area contributed by atoms with Gasteiger partial charge in [-0.1, -0.05) is 44.2 Å². The van der Waals surface area contributed by atoms with Crippen molar-refractivity contribution in [1.29, 1.82) is 0 Å². The molecule has 1 aromatic rings. The van der Waals surface area contributed by atoms with Gasteiger partial charge >= 0.3 is 0 Å². The van der Waals surface area contributed by atoms with E-state index in [1.54, 1.807) is 7.05 Å². The third-order valence-electron chi connectivity index (χ3n) is 5.25. The zero-order valence-electron chi connectivity index (χ0n) is 17.6. The predicted octanol–water partition coefficient (Wildman–Crippen LogP) is 1.49. The lowest BCUT2D eigenvalue weighted by Gasteiger charge is -2.21. The van der Waals surface area contributed by atoms with Gasteiger partial charge in [0.05, 0.1) is 5.75 Å². The molecule has 2 N–H and O–H groups in total. The molecule has 0 saturated carbocycles. The van der Waals surface area contributed by atoms with Crippen molar-refractivity contribution in [3.8, 4) is 0 Å². The van der Waals surface area contributed by atoms with Crippen molar-refractivity contribution in [2.75, 3.05) is 39.0 Å². The SMILES string of the molecule is CCN(CC)S(=O)(=O)CCNC(=NC)NC1CC(C)N(Cc2ccccc2)C1. The fourth-order valence-electron chi connectivity index (χ4n) is 3.67. The molecule has 2 rings (SSSR count).